The molecule has 2 heterocycles. The van der Waals surface area contributed by atoms with Crippen LogP contribution >= 0.6 is 15.9 Å². The fourth-order valence-electron chi connectivity index (χ4n) is 3.08. The van der Waals surface area contributed by atoms with Crippen LogP contribution in [-0.2, 0) is 9.53 Å². The minimum absolute atomic E-state index is 0.114. The molecule has 0 saturated carbocycles. The molecule has 2 aromatic rings. The highest BCUT2D eigenvalue weighted by molar-refractivity contribution is 9.10. The summed E-state index contributed by atoms with van der Waals surface area (Å²) in [5, 5.41) is 7.40. The van der Waals surface area contributed by atoms with Gasteiger partial charge in [0.25, 0.3) is 0 Å². The van der Waals surface area contributed by atoms with E-state index in [0.29, 0.717) is 39.8 Å². The molecule has 148 valence electrons. The summed E-state index contributed by atoms with van der Waals surface area (Å²) in [7, 11) is 1.57. The third kappa shape index (κ3) is 3.62. The van der Waals surface area contributed by atoms with Gasteiger partial charge in [-0.2, -0.15) is 10.1 Å². The summed E-state index contributed by atoms with van der Waals surface area (Å²) >= 11 is 3.53. The highest BCUT2D eigenvalue weighted by atomic mass is 79.9. The Bertz CT molecular complexity index is 938. The van der Waals surface area contributed by atoms with Crippen LogP contribution in [0.25, 0.3) is 0 Å². The van der Waals surface area contributed by atoms with Crippen molar-refractivity contribution in [2.75, 3.05) is 25.6 Å². The second-order valence-corrected chi connectivity index (χ2v) is 6.80. The smallest absolute Gasteiger partial charge is 0.338 e. The van der Waals surface area contributed by atoms with Crippen LogP contribution in [0.15, 0.2) is 46.9 Å². The summed E-state index contributed by atoms with van der Waals surface area (Å²) in [6, 6.07) is 3.16. The normalized spacial score (nSPS) is 15.5. The third-order valence-corrected chi connectivity index (χ3v) is 4.79. The Kier molecular flexibility index (Phi) is 6.03. The monoisotopic (exact) mass is 448 g/mol. The van der Waals surface area contributed by atoms with Gasteiger partial charge in [-0.05, 0) is 47.5 Å². The number of anilines is 1. The van der Waals surface area contributed by atoms with Crippen molar-refractivity contribution >= 4 is 27.8 Å². The summed E-state index contributed by atoms with van der Waals surface area (Å²) in [5.74, 6) is 1.22. The number of esters is 1. The largest absolute Gasteiger partial charge is 0.492 e. The standard InChI is InChI=1S/C19H21BrN4O4/c1-5-7-28-18(25)15-11(3)23-19-21-10-22-24(19)16(15)12-8-13(20)17(26-4)14(9-12)27-6-2/h5,8-10,16H,1,6-7H2,2-4H3,(H,21,22,23). The first-order chi connectivity index (χ1) is 13.5. The van der Waals surface area contributed by atoms with E-state index in [4.69, 9.17) is 14.2 Å². The molecule has 1 aromatic carbocycles. The molecule has 0 saturated heterocycles. The molecule has 0 aliphatic carbocycles. The maximum atomic E-state index is 12.8. The van der Waals surface area contributed by atoms with Crippen LogP contribution < -0.4 is 14.8 Å². The molecule has 1 N–H and O–H groups in total. The zero-order valence-corrected chi connectivity index (χ0v) is 17.4. The van der Waals surface area contributed by atoms with E-state index in [9.17, 15) is 4.79 Å². The summed E-state index contributed by atoms with van der Waals surface area (Å²) in [6.07, 6.45) is 2.96. The van der Waals surface area contributed by atoms with E-state index in [-0.39, 0.29) is 6.61 Å². The predicted octanol–water partition coefficient (Wildman–Crippen LogP) is 3.47. The Hall–Kier alpha value is -2.81. The molecule has 3 rings (SSSR count). The van der Waals surface area contributed by atoms with Gasteiger partial charge in [-0.15, -0.1) is 0 Å². The van der Waals surface area contributed by atoms with Gasteiger partial charge in [0, 0.05) is 5.70 Å². The summed E-state index contributed by atoms with van der Waals surface area (Å²) < 4.78 is 18.8. The number of hydrogen-bond donors (Lipinski definition) is 1. The molecule has 1 aromatic heterocycles. The summed E-state index contributed by atoms with van der Waals surface area (Å²) in [4.78, 5) is 17.0. The number of halogens is 1. The lowest BCUT2D eigenvalue weighted by atomic mass is 9.95. The SMILES string of the molecule is C=CCOC(=O)C1=C(C)Nc2ncnn2C1c1cc(Br)c(OC)c(OCC)c1. The lowest BCUT2D eigenvalue weighted by Crippen LogP contribution is -2.29. The lowest BCUT2D eigenvalue weighted by molar-refractivity contribution is -0.138. The number of nitrogens with zero attached hydrogens (tertiary/aromatic N) is 3. The second-order valence-electron chi connectivity index (χ2n) is 5.95. The van der Waals surface area contributed by atoms with Crippen molar-refractivity contribution in [1.29, 1.82) is 0 Å². The predicted molar refractivity (Wildman–Crippen MR) is 108 cm³/mol. The average Bonchev–Trinajstić information content (AvgIpc) is 3.12. The number of methoxy groups -OCH3 is 1. The van der Waals surface area contributed by atoms with Gasteiger partial charge in [-0.1, -0.05) is 12.7 Å². The van der Waals surface area contributed by atoms with Crippen molar-refractivity contribution in [3.05, 3.63) is 52.4 Å². The molecular formula is C19H21BrN4O4. The van der Waals surface area contributed by atoms with Gasteiger partial charge >= 0.3 is 5.97 Å². The van der Waals surface area contributed by atoms with Crippen molar-refractivity contribution in [3.8, 4) is 11.5 Å². The molecule has 0 spiro atoms. The molecule has 0 bridgehead atoms. The molecular weight excluding hydrogens is 428 g/mol. The van der Waals surface area contributed by atoms with E-state index in [1.165, 1.54) is 12.4 Å². The number of benzene rings is 1. The summed E-state index contributed by atoms with van der Waals surface area (Å²) in [6.45, 7) is 7.87. The Morgan fingerprint density at radius 2 is 2.25 bits per heavy atom. The Balaban J connectivity index is 2.16. The number of allylic oxidation sites excluding steroid dienone is 1. The average molecular weight is 449 g/mol. The maximum absolute atomic E-state index is 12.8. The minimum atomic E-state index is -0.544. The van der Waals surface area contributed by atoms with Crippen LogP contribution in [0, 0.1) is 0 Å². The van der Waals surface area contributed by atoms with Gasteiger partial charge in [0.15, 0.2) is 11.5 Å². The molecule has 0 fully saturated rings. The minimum Gasteiger partial charge on any atom is -0.492 e. The van der Waals surface area contributed by atoms with Crippen molar-refractivity contribution in [2.24, 2.45) is 0 Å². The molecule has 0 radical (unpaired) electrons. The number of hydrogen-bond acceptors (Lipinski definition) is 7. The molecule has 8 nitrogen and oxygen atoms in total. The van der Waals surface area contributed by atoms with Gasteiger partial charge in [-0.25, -0.2) is 9.48 Å². The number of aromatic nitrogens is 3. The van der Waals surface area contributed by atoms with E-state index in [1.807, 2.05) is 19.1 Å². The molecule has 1 unspecified atom stereocenters. The first-order valence-corrected chi connectivity index (χ1v) is 9.46. The molecule has 1 atom stereocenters. The zero-order valence-electron chi connectivity index (χ0n) is 15.9. The highest BCUT2D eigenvalue weighted by Crippen LogP contribution is 2.42. The van der Waals surface area contributed by atoms with E-state index in [0.717, 1.165) is 5.56 Å². The maximum Gasteiger partial charge on any atom is 0.338 e. The van der Waals surface area contributed by atoms with Crippen molar-refractivity contribution < 1.29 is 19.0 Å². The van der Waals surface area contributed by atoms with E-state index in [2.05, 4.69) is 37.9 Å². The Morgan fingerprint density at radius 1 is 1.46 bits per heavy atom. The molecule has 9 heteroatoms. The Morgan fingerprint density at radius 3 is 2.93 bits per heavy atom. The van der Waals surface area contributed by atoms with Crippen LogP contribution in [0.1, 0.15) is 25.5 Å². The number of rotatable bonds is 7. The van der Waals surface area contributed by atoms with E-state index in [1.54, 1.807) is 18.7 Å². The van der Waals surface area contributed by atoms with Crippen molar-refractivity contribution in [1.82, 2.24) is 14.8 Å². The van der Waals surface area contributed by atoms with E-state index < -0.39 is 12.0 Å². The first-order valence-electron chi connectivity index (χ1n) is 8.67. The first kappa shape index (κ1) is 19.9. The zero-order chi connectivity index (χ0) is 20.3. The molecule has 28 heavy (non-hydrogen) atoms. The molecule has 0 amide bonds. The second kappa shape index (κ2) is 8.47. The van der Waals surface area contributed by atoms with Crippen LogP contribution in [0.3, 0.4) is 0 Å². The Labute approximate surface area is 171 Å². The van der Waals surface area contributed by atoms with Gasteiger partial charge in [0.05, 0.1) is 23.8 Å². The number of carbonyl (C=O) groups excluding carboxylic acids is 1. The number of ether oxygens (including phenoxy) is 3. The highest BCUT2D eigenvalue weighted by Gasteiger charge is 2.35. The van der Waals surface area contributed by atoms with Crippen LogP contribution in [0.5, 0.6) is 11.5 Å². The lowest BCUT2D eigenvalue weighted by Gasteiger charge is -2.28. The van der Waals surface area contributed by atoms with Gasteiger partial charge in [-0.3, -0.25) is 0 Å². The third-order valence-electron chi connectivity index (χ3n) is 4.20. The quantitative estimate of drug-likeness (QED) is 0.512. The molecule has 1 aliphatic heterocycles. The fraction of sp³-hybridized carbons (Fsp3) is 0.316. The van der Waals surface area contributed by atoms with Crippen LogP contribution in [-0.4, -0.2) is 41.1 Å². The topological polar surface area (TPSA) is 87.5 Å². The summed E-state index contributed by atoms with van der Waals surface area (Å²) in [5.41, 5.74) is 1.85. The van der Waals surface area contributed by atoms with Gasteiger partial charge in [0.1, 0.15) is 19.0 Å². The van der Waals surface area contributed by atoms with Crippen molar-refractivity contribution in [3.63, 3.8) is 0 Å². The van der Waals surface area contributed by atoms with Gasteiger partial charge in [0.2, 0.25) is 5.95 Å². The van der Waals surface area contributed by atoms with Crippen LogP contribution in [0.4, 0.5) is 5.95 Å². The number of carbonyl (C=O) groups is 1. The fourth-order valence-corrected chi connectivity index (χ4v) is 3.70. The number of nitrogens with one attached hydrogen (secondary N) is 1. The number of fused-ring (bicyclic) bond motifs is 1. The molecule has 1 aliphatic rings. The van der Waals surface area contributed by atoms with Crippen molar-refractivity contribution in [2.45, 2.75) is 19.9 Å². The van der Waals surface area contributed by atoms with Crippen LogP contribution in [0.2, 0.25) is 0 Å². The van der Waals surface area contributed by atoms with E-state index >= 15 is 0 Å². The van der Waals surface area contributed by atoms with Gasteiger partial charge < -0.3 is 19.5 Å².